The molecule has 3 heterocycles. The molecule has 2 unspecified atom stereocenters. The number of aliphatic imine (C=N–C) groups is 1. The average Bonchev–Trinajstić information content (AvgIpc) is 3.29. The van der Waals surface area contributed by atoms with E-state index in [9.17, 15) is 0 Å². The van der Waals surface area contributed by atoms with Crippen LogP contribution in [-0.2, 0) is 20.8 Å². The number of hydrogen-bond acceptors (Lipinski definition) is 6. The minimum Gasteiger partial charge on any atom is -0.371 e. The summed E-state index contributed by atoms with van der Waals surface area (Å²) in [4.78, 5) is 4.87. The summed E-state index contributed by atoms with van der Waals surface area (Å²) >= 11 is 6.39. The van der Waals surface area contributed by atoms with Crippen LogP contribution in [0.1, 0.15) is 42.7 Å². The van der Waals surface area contributed by atoms with E-state index in [1.807, 2.05) is 66.9 Å². The van der Waals surface area contributed by atoms with Gasteiger partial charge in [0.1, 0.15) is 18.8 Å². The summed E-state index contributed by atoms with van der Waals surface area (Å²) in [5.74, 6) is 0.708. The molecule has 5 rings (SSSR count). The van der Waals surface area contributed by atoms with E-state index < -0.39 is 11.9 Å². The predicted molar refractivity (Wildman–Crippen MR) is 117 cm³/mol. The molecule has 1 fully saturated rings. The van der Waals surface area contributed by atoms with Gasteiger partial charge in [-0.15, -0.1) is 10.2 Å². The molecule has 160 valence electrons. The fourth-order valence-corrected chi connectivity index (χ4v) is 4.31. The Labute approximate surface area is 185 Å². The number of rotatable bonds is 4. The molecular formula is C23H23ClN4O3. The molecule has 1 saturated heterocycles. The molecule has 0 spiro atoms. The zero-order valence-electron chi connectivity index (χ0n) is 17.6. The van der Waals surface area contributed by atoms with Gasteiger partial charge in [-0.05, 0) is 32.0 Å². The molecule has 3 aromatic rings. The van der Waals surface area contributed by atoms with E-state index in [2.05, 4.69) is 10.2 Å². The standard InChI is InChI=1S/C23H23ClN4O3/c1-23(2)30-13-18(31-23)21(29-3)22-27-26-19-12-25-20(14-7-5-4-6-8-14)16-11-15(24)9-10-17(16)28(19)22/h4-11,18,21H,12-13H2,1-3H3. The monoisotopic (exact) mass is 438 g/mol. The van der Waals surface area contributed by atoms with E-state index in [1.54, 1.807) is 7.11 Å². The van der Waals surface area contributed by atoms with Gasteiger partial charge < -0.3 is 14.2 Å². The van der Waals surface area contributed by atoms with Gasteiger partial charge in [0.05, 0.1) is 18.0 Å². The van der Waals surface area contributed by atoms with Crippen molar-refractivity contribution in [1.29, 1.82) is 0 Å². The fourth-order valence-electron chi connectivity index (χ4n) is 4.14. The predicted octanol–water partition coefficient (Wildman–Crippen LogP) is 4.11. The Hall–Kier alpha value is -2.58. The summed E-state index contributed by atoms with van der Waals surface area (Å²) in [6.45, 7) is 4.57. The molecule has 2 atom stereocenters. The van der Waals surface area contributed by atoms with Crippen LogP contribution in [0.4, 0.5) is 0 Å². The summed E-state index contributed by atoms with van der Waals surface area (Å²) in [7, 11) is 1.65. The third kappa shape index (κ3) is 3.68. The maximum absolute atomic E-state index is 6.39. The SMILES string of the molecule is COC(c1nnc2n1-c1ccc(Cl)cc1C(c1ccccc1)=NC2)C1COC(C)(C)O1. The number of halogens is 1. The van der Waals surface area contributed by atoms with Crippen molar-refractivity contribution in [3.05, 3.63) is 76.3 Å². The van der Waals surface area contributed by atoms with E-state index in [4.69, 9.17) is 30.8 Å². The van der Waals surface area contributed by atoms with Gasteiger partial charge in [0.25, 0.3) is 0 Å². The number of benzene rings is 2. The molecule has 0 radical (unpaired) electrons. The highest BCUT2D eigenvalue weighted by molar-refractivity contribution is 6.31. The van der Waals surface area contributed by atoms with Gasteiger partial charge in [-0.3, -0.25) is 9.56 Å². The van der Waals surface area contributed by atoms with Crippen LogP contribution in [-0.4, -0.2) is 46.1 Å². The smallest absolute Gasteiger partial charge is 0.169 e. The summed E-state index contributed by atoms with van der Waals surface area (Å²) in [5, 5.41) is 9.55. The Morgan fingerprint density at radius 3 is 2.68 bits per heavy atom. The number of fused-ring (bicyclic) bond motifs is 3. The number of aromatic nitrogens is 3. The molecular weight excluding hydrogens is 416 g/mol. The Morgan fingerprint density at radius 1 is 1.16 bits per heavy atom. The Balaban J connectivity index is 1.64. The maximum Gasteiger partial charge on any atom is 0.169 e. The molecule has 2 aliphatic rings. The summed E-state index contributed by atoms with van der Waals surface area (Å²) < 4.78 is 19.7. The van der Waals surface area contributed by atoms with Crippen molar-refractivity contribution in [3.8, 4) is 5.69 Å². The number of hydrogen-bond donors (Lipinski definition) is 0. The first-order chi connectivity index (χ1) is 15.0. The van der Waals surface area contributed by atoms with Crippen molar-refractivity contribution >= 4 is 17.3 Å². The van der Waals surface area contributed by atoms with Crippen molar-refractivity contribution in [2.24, 2.45) is 4.99 Å². The van der Waals surface area contributed by atoms with Crippen LogP contribution in [0.15, 0.2) is 53.5 Å². The summed E-state index contributed by atoms with van der Waals surface area (Å²) in [6.07, 6.45) is -0.758. The van der Waals surface area contributed by atoms with Crippen LogP contribution in [0.5, 0.6) is 0 Å². The van der Waals surface area contributed by atoms with Gasteiger partial charge in [-0.1, -0.05) is 41.9 Å². The third-order valence-corrected chi connectivity index (χ3v) is 5.75. The summed E-state index contributed by atoms with van der Waals surface area (Å²) in [5.41, 5.74) is 3.70. The number of nitrogens with zero attached hydrogens (tertiary/aromatic N) is 4. The minimum atomic E-state index is -0.669. The van der Waals surface area contributed by atoms with Gasteiger partial charge in [0.2, 0.25) is 0 Å². The largest absolute Gasteiger partial charge is 0.371 e. The van der Waals surface area contributed by atoms with Crippen molar-refractivity contribution in [2.75, 3.05) is 13.7 Å². The highest BCUT2D eigenvalue weighted by atomic mass is 35.5. The van der Waals surface area contributed by atoms with Gasteiger partial charge in [0.15, 0.2) is 17.4 Å². The first-order valence-corrected chi connectivity index (χ1v) is 10.5. The topological polar surface area (TPSA) is 70.8 Å². The first kappa shape index (κ1) is 20.3. The molecule has 0 bridgehead atoms. The van der Waals surface area contributed by atoms with Crippen LogP contribution in [0, 0.1) is 0 Å². The number of ether oxygens (including phenoxy) is 3. The van der Waals surface area contributed by atoms with Crippen LogP contribution >= 0.6 is 11.6 Å². The molecule has 8 heteroatoms. The van der Waals surface area contributed by atoms with Crippen LogP contribution in [0.25, 0.3) is 5.69 Å². The van der Waals surface area contributed by atoms with Crippen molar-refractivity contribution in [2.45, 2.75) is 38.4 Å². The molecule has 1 aromatic heterocycles. The lowest BCUT2D eigenvalue weighted by Crippen LogP contribution is -2.28. The van der Waals surface area contributed by atoms with E-state index in [0.29, 0.717) is 24.0 Å². The molecule has 7 nitrogen and oxygen atoms in total. The summed E-state index contributed by atoms with van der Waals surface area (Å²) in [6, 6.07) is 15.8. The Kier molecular flexibility index (Phi) is 5.14. The fraction of sp³-hybridized carbons (Fsp3) is 0.348. The first-order valence-electron chi connectivity index (χ1n) is 10.2. The second-order valence-corrected chi connectivity index (χ2v) is 8.46. The second kappa shape index (κ2) is 7.84. The molecule has 31 heavy (non-hydrogen) atoms. The van der Waals surface area contributed by atoms with Crippen molar-refractivity contribution < 1.29 is 14.2 Å². The molecule has 2 aliphatic heterocycles. The highest BCUT2D eigenvalue weighted by Gasteiger charge is 2.41. The van der Waals surface area contributed by atoms with E-state index in [0.717, 1.165) is 28.4 Å². The quantitative estimate of drug-likeness (QED) is 0.613. The molecule has 0 saturated carbocycles. The lowest BCUT2D eigenvalue weighted by atomic mass is 10.0. The molecule has 0 N–H and O–H groups in total. The maximum atomic E-state index is 6.39. The van der Waals surface area contributed by atoms with Crippen molar-refractivity contribution in [3.63, 3.8) is 0 Å². The van der Waals surface area contributed by atoms with Gasteiger partial charge >= 0.3 is 0 Å². The highest BCUT2D eigenvalue weighted by Crippen LogP contribution is 2.35. The normalized spacial score (nSPS) is 20.5. The minimum absolute atomic E-state index is 0.304. The van der Waals surface area contributed by atoms with E-state index >= 15 is 0 Å². The average molecular weight is 439 g/mol. The molecule has 2 aromatic carbocycles. The van der Waals surface area contributed by atoms with Gasteiger partial charge in [-0.2, -0.15) is 0 Å². The van der Waals surface area contributed by atoms with Crippen LogP contribution < -0.4 is 0 Å². The van der Waals surface area contributed by atoms with E-state index in [-0.39, 0.29) is 6.10 Å². The Bertz CT molecular complexity index is 1140. The number of methoxy groups -OCH3 is 1. The molecule has 0 aliphatic carbocycles. The van der Waals surface area contributed by atoms with Gasteiger partial charge in [0, 0.05) is 23.3 Å². The zero-order chi connectivity index (χ0) is 21.6. The van der Waals surface area contributed by atoms with Crippen molar-refractivity contribution in [1.82, 2.24) is 14.8 Å². The van der Waals surface area contributed by atoms with Gasteiger partial charge in [-0.25, -0.2) is 0 Å². The molecule has 0 amide bonds. The van der Waals surface area contributed by atoms with Crippen LogP contribution in [0.2, 0.25) is 5.02 Å². The second-order valence-electron chi connectivity index (χ2n) is 8.03. The zero-order valence-corrected chi connectivity index (χ0v) is 18.3. The van der Waals surface area contributed by atoms with Crippen LogP contribution in [0.3, 0.4) is 0 Å². The lowest BCUT2D eigenvalue weighted by Gasteiger charge is -2.23. The Morgan fingerprint density at radius 2 is 1.97 bits per heavy atom. The van der Waals surface area contributed by atoms with E-state index in [1.165, 1.54) is 0 Å². The third-order valence-electron chi connectivity index (χ3n) is 5.51. The lowest BCUT2D eigenvalue weighted by molar-refractivity contribution is -0.155.